The lowest BCUT2D eigenvalue weighted by Crippen LogP contribution is -2.02. The molecular weight excluding hydrogens is 560 g/mol. The first kappa shape index (κ1) is 25.1. The van der Waals surface area contributed by atoms with Gasteiger partial charge in [0, 0.05) is 44.1 Å². The molecule has 0 unspecified atom stereocenters. The van der Waals surface area contributed by atoms with E-state index in [1.807, 2.05) is 24.3 Å². The lowest BCUT2D eigenvalue weighted by atomic mass is 10.0. The summed E-state index contributed by atoms with van der Waals surface area (Å²) in [6, 6.07) is 55.9. The third kappa shape index (κ3) is 3.61. The van der Waals surface area contributed by atoms with E-state index in [1.165, 1.54) is 48.9 Å². The molecule has 0 saturated heterocycles. The lowest BCUT2D eigenvalue weighted by Gasteiger charge is -2.14. The van der Waals surface area contributed by atoms with Gasteiger partial charge in [-0.1, -0.05) is 121 Å². The van der Waals surface area contributed by atoms with Crippen LogP contribution < -0.4 is 0 Å². The van der Waals surface area contributed by atoms with Gasteiger partial charge >= 0.3 is 0 Å². The van der Waals surface area contributed by atoms with Gasteiger partial charge in [-0.05, 0) is 35.7 Å². The first-order valence-corrected chi connectivity index (χ1v) is 15.6. The van der Waals surface area contributed by atoms with Crippen molar-refractivity contribution < 1.29 is 0 Å². The summed E-state index contributed by atoms with van der Waals surface area (Å²) in [4.78, 5) is 10.3. The molecule has 0 aliphatic rings. The van der Waals surface area contributed by atoms with Crippen molar-refractivity contribution in [3.05, 3.63) is 158 Å². The quantitative estimate of drug-likeness (QED) is 0.193. The highest BCUT2D eigenvalue weighted by molar-refractivity contribution is 6.21. The van der Waals surface area contributed by atoms with Gasteiger partial charge in [0.05, 0.1) is 33.3 Å². The van der Waals surface area contributed by atoms with Crippen molar-refractivity contribution in [2.45, 2.75) is 0 Å². The molecule has 0 atom stereocenters. The Morgan fingerprint density at radius 1 is 0.370 bits per heavy atom. The fraction of sp³-hybridized carbons (Fsp3) is 0. The second-order valence-corrected chi connectivity index (χ2v) is 11.9. The number of para-hydroxylation sites is 2. The maximum atomic E-state index is 5.25. The monoisotopic (exact) mass is 586 g/mol. The molecule has 4 nitrogen and oxygen atoms in total. The molecule has 0 bridgehead atoms. The number of fused-ring (bicyclic) bond motifs is 11. The van der Waals surface area contributed by atoms with Crippen LogP contribution >= 0.6 is 0 Å². The summed E-state index contributed by atoms with van der Waals surface area (Å²) in [5.41, 5.74) is 8.75. The zero-order chi connectivity index (χ0) is 30.2. The van der Waals surface area contributed by atoms with E-state index >= 15 is 0 Å². The molecule has 0 radical (unpaired) electrons. The molecule has 0 aliphatic heterocycles. The fourth-order valence-electron chi connectivity index (χ4n) is 7.23. The Balaban J connectivity index is 1.38. The number of aromatic nitrogens is 4. The molecule has 46 heavy (non-hydrogen) atoms. The minimum Gasteiger partial charge on any atom is -0.309 e. The molecule has 0 fully saturated rings. The van der Waals surface area contributed by atoms with Gasteiger partial charge in [-0.15, -0.1) is 0 Å². The molecule has 0 saturated carbocycles. The zero-order valence-corrected chi connectivity index (χ0v) is 24.8. The van der Waals surface area contributed by atoms with E-state index in [2.05, 4.69) is 142 Å². The van der Waals surface area contributed by atoms with E-state index in [1.54, 1.807) is 0 Å². The van der Waals surface area contributed by atoms with Crippen LogP contribution in [-0.2, 0) is 0 Å². The van der Waals surface area contributed by atoms with Crippen LogP contribution in [0.3, 0.4) is 0 Å². The molecule has 10 aromatic rings. The van der Waals surface area contributed by atoms with Crippen LogP contribution in [0.15, 0.2) is 158 Å². The third-order valence-electron chi connectivity index (χ3n) is 9.28. The van der Waals surface area contributed by atoms with Gasteiger partial charge in [-0.2, -0.15) is 0 Å². The van der Waals surface area contributed by atoms with Crippen molar-refractivity contribution in [1.82, 2.24) is 18.9 Å². The summed E-state index contributed by atoms with van der Waals surface area (Å²) >= 11 is 0. The van der Waals surface area contributed by atoms with Gasteiger partial charge in [0.2, 0.25) is 0 Å². The summed E-state index contributed by atoms with van der Waals surface area (Å²) in [7, 11) is 0. The summed E-state index contributed by atoms with van der Waals surface area (Å²) in [6.07, 6.45) is 0. The van der Waals surface area contributed by atoms with Crippen molar-refractivity contribution in [3.8, 4) is 28.5 Å². The molecule has 0 aliphatic carbocycles. The topological polar surface area (TPSA) is 35.1 Å². The van der Waals surface area contributed by atoms with Gasteiger partial charge in [-0.3, -0.25) is 4.57 Å². The minimum atomic E-state index is 0.702. The standard InChI is InChI=1S/C42H26N4/c1-3-13-27(14-4-1)35-25-41(44-42(43-35)28-15-5-2-6-16-28)46-37-22-12-10-20-32(37)34-24-33-30-18-8-9-19-31(30)38-23-29-17-7-11-21-36(29)45(38)39(33)26-40(34)46/h1-26H. The lowest BCUT2D eigenvalue weighted by molar-refractivity contribution is 1.05. The van der Waals surface area contributed by atoms with E-state index < -0.39 is 0 Å². The molecule has 0 spiro atoms. The van der Waals surface area contributed by atoms with E-state index in [0.29, 0.717) is 5.82 Å². The summed E-state index contributed by atoms with van der Waals surface area (Å²) in [5.74, 6) is 1.54. The third-order valence-corrected chi connectivity index (χ3v) is 9.28. The van der Waals surface area contributed by atoms with E-state index in [0.717, 1.165) is 33.7 Å². The first-order valence-electron chi connectivity index (χ1n) is 15.6. The maximum absolute atomic E-state index is 5.25. The molecular formula is C42H26N4. The van der Waals surface area contributed by atoms with Crippen LogP contribution in [0.4, 0.5) is 0 Å². The van der Waals surface area contributed by atoms with E-state index in [4.69, 9.17) is 9.97 Å². The van der Waals surface area contributed by atoms with Gasteiger partial charge < -0.3 is 4.40 Å². The Hall–Kier alpha value is -6.26. The molecule has 0 N–H and O–H groups in total. The molecule has 6 aromatic carbocycles. The number of rotatable bonds is 3. The largest absolute Gasteiger partial charge is 0.309 e. The van der Waals surface area contributed by atoms with Gasteiger partial charge in [-0.25, -0.2) is 9.97 Å². The van der Waals surface area contributed by atoms with Crippen LogP contribution in [0.5, 0.6) is 0 Å². The second kappa shape index (κ2) is 9.62. The number of nitrogens with zero attached hydrogens (tertiary/aromatic N) is 4. The molecule has 214 valence electrons. The van der Waals surface area contributed by atoms with Crippen LogP contribution in [-0.4, -0.2) is 18.9 Å². The smallest absolute Gasteiger partial charge is 0.162 e. The van der Waals surface area contributed by atoms with Gasteiger partial charge in [0.25, 0.3) is 0 Å². The van der Waals surface area contributed by atoms with Crippen LogP contribution in [0.2, 0.25) is 0 Å². The van der Waals surface area contributed by atoms with E-state index in [9.17, 15) is 0 Å². The molecule has 0 amide bonds. The predicted octanol–water partition coefficient (Wildman–Crippen LogP) is 10.6. The van der Waals surface area contributed by atoms with Gasteiger partial charge in [0.15, 0.2) is 5.82 Å². The van der Waals surface area contributed by atoms with Crippen LogP contribution in [0.25, 0.3) is 88.4 Å². The minimum absolute atomic E-state index is 0.702. The number of benzene rings is 6. The molecule has 4 aromatic heterocycles. The highest BCUT2D eigenvalue weighted by atomic mass is 15.1. The first-order chi connectivity index (χ1) is 22.8. The Morgan fingerprint density at radius 2 is 0.957 bits per heavy atom. The number of hydrogen-bond donors (Lipinski definition) is 0. The van der Waals surface area contributed by atoms with E-state index in [-0.39, 0.29) is 0 Å². The summed E-state index contributed by atoms with van der Waals surface area (Å²) < 4.78 is 4.75. The fourth-order valence-corrected chi connectivity index (χ4v) is 7.23. The highest BCUT2D eigenvalue weighted by Crippen LogP contribution is 2.40. The maximum Gasteiger partial charge on any atom is 0.162 e. The molecule has 4 heteroatoms. The average molecular weight is 587 g/mol. The van der Waals surface area contributed by atoms with Crippen LogP contribution in [0.1, 0.15) is 0 Å². The summed E-state index contributed by atoms with van der Waals surface area (Å²) in [5, 5.41) is 7.37. The predicted molar refractivity (Wildman–Crippen MR) is 191 cm³/mol. The zero-order valence-electron chi connectivity index (χ0n) is 24.8. The SMILES string of the molecule is c1ccc(-c2cc(-n3c4ccccc4c4cc5c6ccccc6c6cc7ccccc7n6c5cc43)nc(-c3ccccc3)n2)cc1. The van der Waals surface area contributed by atoms with Crippen molar-refractivity contribution in [2.24, 2.45) is 0 Å². The number of hydrogen-bond acceptors (Lipinski definition) is 2. The van der Waals surface area contributed by atoms with Crippen LogP contribution in [0, 0.1) is 0 Å². The summed E-state index contributed by atoms with van der Waals surface area (Å²) in [6.45, 7) is 0. The molecule has 4 heterocycles. The Labute approximate surface area is 264 Å². The normalized spacial score (nSPS) is 11.9. The molecule has 10 rings (SSSR count). The Bertz CT molecular complexity index is 2730. The Morgan fingerprint density at radius 3 is 1.74 bits per heavy atom. The highest BCUT2D eigenvalue weighted by Gasteiger charge is 2.19. The average Bonchev–Trinajstić information content (AvgIpc) is 3.68. The van der Waals surface area contributed by atoms with Crippen molar-refractivity contribution in [3.63, 3.8) is 0 Å². The number of pyridine rings is 1. The Kier molecular flexibility index (Phi) is 5.25. The van der Waals surface area contributed by atoms with Gasteiger partial charge in [0.1, 0.15) is 5.82 Å². The van der Waals surface area contributed by atoms with Crippen molar-refractivity contribution in [2.75, 3.05) is 0 Å². The second-order valence-electron chi connectivity index (χ2n) is 11.9. The van der Waals surface area contributed by atoms with Crippen molar-refractivity contribution in [1.29, 1.82) is 0 Å². The van der Waals surface area contributed by atoms with Crippen molar-refractivity contribution >= 4 is 59.9 Å².